The van der Waals surface area contributed by atoms with E-state index in [0.29, 0.717) is 36.2 Å². The number of amides is 2. The van der Waals surface area contributed by atoms with Crippen LogP contribution in [0.25, 0.3) is 0 Å². The molecule has 2 rings (SSSR count). The third kappa shape index (κ3) is 6.42. The van der Waals surface area contributed by atoms with Crippen molar-refractivity contribution in [1.29, 1.82) is 0 Å². The summed E-state index contributed by atoms with van der Waals surface area (Å²) in [5.41, 5.74) is 0.525. The second-order valence-corrected chi connectivity index (χ2v) is 7.53. The summed E-state index contributed by atoms with van der Waals surface area (Å²) in [6, 6.07) is 7.58. The first-order valence-corrected chi connectivity index (χ1v) is 10.0. The summed E-state index contributed by atoms with van der Waals surface area (Å²) in [6.45, 7) is 7.31. The molecule has 1 heterocycles. The van der Waals surface area contributed by atoms with E-state index >= 15 is 0 Å². The van der Waals surface area contributed by atoms with E-state index in [1.807, 2.05) is 32.7 Å². The van der Waals surface area contributed by atoms with E-state index in [0.717, 1.165) is 0 Å². The molecular weight excluding hydrogens is 390 g/mol. The van der Waals surface area contributed by atoms with Gasteiger partial charge in [-0.1, -0.05) is 25.4 Å². The Morgan fingerprint density at radius 2 is 1.72 bits per heavy atom. The van der Waals surface area contributed by atoms with Crippen LogP contribution >= 0.6 is 11.6 Å². The van der Waals surface area contributed by atoms with Crippen molar-refractivity contribution in [2.24, 2.45) is 5.92 Å². The molecule has 1 atom stereocenters. The van der Waals surface area contributed by atoms with E-state index < -0.39 is 6.04 Å². The minimum Gasteiger partial charge on any atom is -0.342 e. The molecule has 8 heteroatoms. The maximum absolute atomic E-state index is 12.9. The summed E-state index contributed by atoms with van der Waals surface area (Å²) in [6.07, 6.45) is 3.36. The molecule has 1 aromatic carbocycles. The molecule has 0 radical (unpaired) electrons. The molecule has 2 aromatic rings. The average Bonchev–Trinajstić information content (AvgIpc) is 2.72. The van der Waals surface area contributed by atoms with E-state index in [1.54, 1.807) is 47.6 Å². The van der Waals surface area contributed by atoms with Gasteiger partial charge < -0.3 is 15.1 Å². The van der Waals surface area contributed by atoms with Gasteiger partial charge in [0.15, 0.2) is 5.78 Å². The third-order valence-corrected chi connectivity index (χ3v) is 4.88. The zero-order valence-electron chi connectivity index (χ0n) is 17.3. The molecule has 7 nitrogen and oxygen atoms in total. The van der Waals surface area contributed by atoms with Crippen molar-refractivity contribution in [3.63, 3.8) is 0 Å². The lowest BCUT2D eigenvalue weighted by molar-refractivity contribution is 0.0914. The summed E-state index contributed by atoms with van der Waals surface area (Å²) < 4.78 is 0. The molecule has 0 aliphatic heterocycles. The summed E-state index contributed by atoms with van der Waals surface area (Å²) in [7, 11) is 1.88. The molecule has 0 spiro atoms. The highest BCUT2D eigenvalue weighted by molar-refractivity contribution is 6.30. The molecule has 1 N–H and O–H groups in total. The van der Waals surface area contributed by atoms with E-state index in [4.69, 9.17) is 11.6 Å². The summed E-state index contributed by atoms with van der Waals surface area (Å²) >= 11 is 5.91. The first-order valence-electron chi connectivity index (χ1n) is 9.66. The van der Waals surface area contributed by atoms with Gasteiger partial charge in [-0.15, -0.1) is 0 Å². The van der Waals surface area contributed by atoms with Crippen LogP contribution in [0.1, 0.15) is 31.1 Å². The topological polar surface area (TPSA) is 78.4 Å². The van der Waals surface area contributed by atoms with Crippen molar-refractivity contribution in [3.8, 4) is 0 Å². The predicted molar refractivity (Wildman–Crippen MR) is 115 cm³/mol. The second-order valence-electron chi connectivity index (χ2n) is 7.09. The van der Waals surface area contributed by atoms with Crippen LogP contribution in [0.4, 0.5) is 10.7 Å². The molecule has 1 unspecified atom stereocenters. The number of aromatic nitrogens is 2. The number of benzene rings is 1. The average molecular weight is 418 g/mol. The number of Topliss-reactive ketones (excluding diaryl/α,β-unsaturated/α-hetero) is 1. The molecule has 29 heavy (non-hydrogen) atoms. The summed E-state index contributed by atoms with van der Waals surface area (Å²) in [5.74, 6) is 0.416. The Morgan fingerprint density at radius 1 is 1.10 bits per heavy atom. The minimum atomic E-state index is -0.618. The Bertz CT molecular complexity index is 798. The van der Waals surface area contributed by atoms with Gasteiger partial charge in [-0.25, -0.2) is 14.8 Å². The summed E-state index contributed by atoms with van der Waals surface area (Å²) in [4.78, 5) is 37.7. The number of anilines is 1. The lowest BCUT2D eigenvalue weighted by Gasteiger charge is -2.28. The number of hydrogen-bond acceptors (Lipinski definition) is 5. The van der Waals surface area contributed by atoms with Crippen molar-refractivity contribution in [3.05, 3.63) is 53.3 Å². The Morgan fingerprint density at radius 3 is 2.28 bits per heavy atom. The van der Waals surface area contributed by atoms with Crippen molar-refractivity contribution < 1.29 is 9.59 Å². The smallest absolute Gasteiger partial charge is 0.318 e. The molecule has 0 aliphatic rings. The van der Waals surface area contributed by atoms with Crippen LogP contribution in [0, 0.1) is 5.92 Å². The Hall–Kier alpha value is -2.67. The van der Waals surface area contributed by atoms with Gasteiger partial charge in [0, 0.05) is 49.7 Å². The zero-order valence-corrected chi connectivity index (χ0v) is 18.1. The monoisotopic (exact) mass is 417 g/mol. The molecular formula is C21H28ClN5O2. The highest BCUT2D eigenvalue weighted by atomic mass is 35.5. The normalized spacial score (nSPS) is 11.8. The molecule has 156 valence electrons. The van der Waals surface area contributed by atoms with Gasteiger partial charge in [-0.2, -0.15) is 0 Å². The minimum absolute atomic E-state index is 0.0544. The van der Waals surface area contributed by atoms with Gasteiger partial charge in [0.25, 0.3) is 0 Å². The molecule has 0 bridgehead atoms. The van der Waals surface area contributed by atoms with Gasteiger partial charge in [0.05, 0.1) is 6.04 Å². The standard InChI is InChI=1S/C21H28ClN5O2/c1-5-27(14-13-26(4)20-23-11-6-12-24-20)21(29)25-18(15(2)3)19(28)16-7-9-17(22)10-8-16/h6-12,15,18H,5,13-14H2,1-4H3,(H,25,29). The number of carbonyl (C=O) groups excluding carboxylic acids is 2. The molecule has 0 fully saturated rings. The first kappa shape index (κ1) is 22.6. The molecule has 0 saturated heterocycles. The molecule has 0 saturated carbocycles. The molecule has 0 aliphatic carbocycles. The largest absolute Gasteiger partial charge is 0.342 e. The number of nitrogens with zero attached hydrogens (tertiary/aromatic N) is 4. The number of rotatable bonds is 9. The number of likely N-dealkylation sites (N-methyl/N-ethyl adjacent to an activating group) is 2. The van der Waals surface area contributed by atoms with Gasteiger partial charge in [0.1, 0.15) is 0 Å². The second kappa shape index (κ2) is 10.8. The lowest BCUT2D eigenvalue weighted by atomic mass is 9.95. The van der Waals surface area contributed by atoms with Crippen LogP contribution < -0.4 is 10.2 Å². The van der Waals surface area contributed by atoms with Crippen molar-refractivity contribution >= 4 is 29.4 Å². The summed E-state index contributed by atoms with van der Waals surface area (Å²) in [5, 5.41) is 3.46. The Kier molecular flexibility index (Phi) is 8.39. The van der Waals surface area contributed by atoms with E-state index in [2.05, 4.69) is 15.3 Å². The van der Waals surface area contributed by atoms with Crippen LogP contribution in [0.15, 0.2) is 42.7 Å². The number of ketones is 1. The van der Waals surface area contributed by atoms with Crippen LogP contribution in [0.2, 0.25) is 5.02 Å². The zero-order chi connectivity index (χ0) is 21.4. The van der Waals surface area contributed by atoms with Crippen molar-refractivity contribution in [2.45, 2.75) is 26.8 Å². The number of nitrogens with one attached hydrogen (secondary N) is 1. The van der Waals surface area contributed by atoms with Crippen molar-refractivity contribution in [1.82, 2.24) is 20.2 Å². The van der Waals surface area contributed by atoms with E-state index in [9.17, 15) is 9.59 Å². The lowest BCUT2D eigenvalue weighted by Crippen LogP contribution is -2.51. The fourth-order valence-corrected chi connectivity index (χ4v) is 2.94. The maximum atomic E-state index is 12.9. The Balaban J connectivity index is 2.01. The number of halogens is 1. The Labute approximate surface area is 177 Å². The van der Waals surface area contributed by atoms with Crippen LogP contribution in [0.5, 0.6) is 0 Å². The van der Waals surface area contributed by atoms with Crippen LogP contribution in [-0.4, -0.2) is 59.4 Å². The fraction of sp³-hybridized carbons (Fsp3) is 0.429. The highest BCUT2D eigenvalue weighted by Gasteiger charge is 2.27. The van der Waals surface area contributed by atoms with E-state index in [-0.39, 0.29) is 17.7 Å². The van der Waals surface area contributed by atoms with Gasteiger partial charge in [-0.05, 0) is 43.2 Å². The SMILES string of the molecule is CCN(CCN(C)c1ncccn1)C(=O)NC(C(=O)c1ccc(Cl)cc1)C(C)C. The van der Waals surface area contributed by atoms with Gasteiger partial charge in [0.2, 0.25) is 5.95 Å². The number of carbonyl (C=O) groups is 2. The van der Waals surface area contributed by atoms with E-state index in [1.165, 1.54) is 0 Å². The number of hydrogen-bond donors (Lipinski definition) is 1. The predicted octanol–water partition coefficient (Wildman–Crippen LogP) is 3.51. The quantitative estimate of drug-likeness (QED) is 0.631. The van der Waals surface area contributed by atoms with Gasteiger partial charge >= 0.3 is 6.03 Å². The molecule has 2 amide bonds. The highest BCUT2D eigenvalue weighted by Crippen LogP contribution is 2.15. The van der Waals surface area contributed by atoms with Crippen LogP contribution in [0.3, 0.4) is 0 Å². The van der Waals surface area contributed by atoms with Crippen LogP contribution in [-0.2, 0) is 0 Å². The maximum Gasteiger partial charge on any atom is 0.318 e. The fourth-order valence-electron chi connectivity index (χ4n) is 2.82. The number of urea groups is 1. The molecule has 1 aromatic heterocycles. The van der Waals surface area contributed by atoms with Gasteiger partial charge in [-0.3, -0.25) is 4.79 Å². The third-order valence-electron chi connectivity index (χ3n) is 4.62. The first-order chi connectivity index (χ1) is 13.8. The van der Waals surface area contributed by atoms with Crippen molar-refractivity contribution in [2.75, 3.05) is 31.6 Å².